The average Bonchev–Trinajstić information content (AvgIpc) is 2.70. The van der Waals surface area contributed by atoms with Gasteiger partial charge < -0.3 is 10.1 Å². The average molecular weight is 488 g/mol. The molecule has 0 radical (unpaired) electrons. The van der Waals surface area contributed by atoms with Gasteiger partial charge in [0.25, 0.3) is 11.6 Å². The van der Waals surface area contributed by atoms with Crippen molar-refractivity contribution in [2.45, 2.75) is 23.9 Å². The highest BCUT2D eigenvalue weighted by Gasteiger charge is 2.35. The molecule has 2 rings (SSSR count). The van der Waals surface area contributed by atoms with Crippen LogP contribution in [0.2, 0.25) is 5.02 Å². The van der Waals surface area contributed by atoms with Crippen LogP contribution in [0.5, 0.6) is 0 Å². The minimum absolute atomic E-state index is 0.0226. The maximum Gasteiger partial charge on any atom is 0.405 e. The molecule has 172 valence electrons. The smallest absolute Gasteiger partial charge is 0.405 e. The lowest BCUT2D eigenvalue weighted by molar-refractivity contribution is -0.385. The molecule has 0 bridgehead atoms. The molecule has 0 saturated carbocycles. The molecule has 1 heterocycles. The third kappa shape index (κ3) is 6.77. The molecule has 1 fully saturated rings. The van der Waals surface area contributed by atoms with E-state index < -0.39 is 62.7 Å². The molecule has 1 aromatic carbocycles. The van der Waals surface area contributed by atoms with E-state index in [-0.39, 0.29) is 31.0 Å². The third-order valence-corrected chi connectivity index (χ3v) is 6.74. The van der Waals surface area contributed by atoms with Crippen LogP contribution in [0.3, 0.4) is 0 Å². The number of rotatable bonds is 7. The number of hydrogen-bond acceptors (Lipinski definition) is 7. The molecule has 0 aliphatic carbocycles. The summed E-state index contributed by atoms with van der Waals surface area (Å²) in [7, 11) is -4.17. The molecular formula is C16H17ClF3N3O7S. The zero-order valence-electron chi connectivity index (χ0n) is 15.7. The molecule has 10 nitrogen and oxygen atoms in total. The second-order valence-electron chi connectivity index (χ2n) is 6.55. The number of benzene rings is 1. The van der Waals surface area contributed by atoms with E-state index in [1.165, 1.54) is 0 Å². The lowest BCUT2D eigenvalue weighted by Gasteiger charge is -2.30. The van der Waals surface area contributed by atoms with Crippen LogP contribution in [0.1, 0.15) is 12.8 Å². The van der Waals surface area contributed by atoms with E-state index in [1.54, 1.807) is 5.32 Å². The van der Waals surface area contributed by atoms with Gasteiger partial charge in [0.15, 0.2) is 6.61 Å². The van der Waals surface area contributed by atoms with E-state index in [4.69, 9.17) is 16.3 Å². The Morgan fingerprint density at radius 1 is 1.29 bits per heavy atom. The van der Waals surface area contributed by atoms with E-state index in [1.807, 2.05) is 0 Å². The molecule has 15 heteroatoms. The summed E-state index contributed by atoms with van der Waals surface area (Å²) in [5, 5.41) is 12.3. The van der Waals surface area contributed by atoms with Gasteiger partial charge in [-0.05, 0) is 18.9 Å². The van der Waals surface area contributed by atoms with Crippen LogP contribution < -0.4 is 5.32 Å². The summed E-state index contributed by atoms with van der Waals surface area (Å²) >= 11 is 5.90. The summed E-state index contributed by atoms with van der Waals surface area (Å²) in [6.45, 7) is -2.70. The van der Waals surface area contributed by atoms with E-state index in [2.05, 4.69) is 0 Å². The summed E-state index contributed by atoms with van der Waals surface area (Å²) in [5.74, 6) is -2.72. The van der Waals surface area contributed by atoms with Gasteiger partial charge >= 0.3 is 12.1 Å². The fourth-order valence-electron chi connectivity index (χ4n) is 2.78. The van der Waals surface area contributed by atoms with Gasteiger partial charge in [0.1, 0.15) is 11.4 Å². The largest absolute Gasteiger partial charge is 0.455 e. The first-order chi connectivity index (χ1) is 14.3. The number of carbonyl (C=O) groups is 2. The Bertz CT molecular complexity index is 964. The van der Waals surface area contributed by atoms with Crippen molar-refractivity contribution in [1.29, 1.82) is 0 Å². The van der Waals surface area contributed by atoms with Crippen molar-refractivity contribution in [3.8, 4) is 0 Å². The Morgan fingerprint density at radius 3 is 2.45 bits per heavy atom. The highest BCUT2D eigenvalue weighted by Crippen LogP contribution is 2.31. The van der Waals surface area contributed by atoms with Gasteiger partial charge in [-0.3, -0.25) is 19.7 Å². The quantitative estimate of drug-likeness (QED) is 0.352. The van der Waals surface area contributed by atoms with Crippen molar-refractivity contribution < 1.29 is 40.8 Å². The lowest BCUT2D eigenvalue weighted by atomic mass is 9.98. The fourth-order valence-corrected chi connectivity index (χ4v) is 4.74. The van der Waals surface area contributed by atoms with Crippen molar-refractivity contribution >= 4 is 39.2 Å². The van der Waals surface area contributed by atoms with Gasteiger partial charge in [-0.25, -0.2) is 8.42 Å². The molecule has 1 aromatic rings. The Balaban J connectivity index is 1.93. The van der Waals surface area contributed by atoms with Crippen LogP contribution >= 0.6 is 11.6 Å². The van der Waals surface area contributed by atoms with Crippen LogP contribution in [0.4, 0.5) is 18.9 Å². The summed E-state index contributed by atoms with van der Waals surface area (Å²) in [6.07, 6.45) is -4.55. The van der Waals surface area contributed by atoms with Crippen LogP contribution in [-0.4, -0.2) is 61.9 Å². The number of nitro benzene ring substituents is 1. The van der Waals surface area contributed by atoms with Crippen molar-refractivity contribution in [3.05, 3.63) is 33.3 Å². The van der Waals surface area contributed by atoms with Crippen LogP contribution in [0.15, 0.2) is 23.1 Å². The molecule has 0 aromatic heterocycles. The Morgan fingerprint density at radius 2 is 1.90 bits per heavy atom. The first kappa shape index (κ1) is 24.8. The number of carbonyl (C=O) groups excluding carboxylic acids is 2. The van der Waals surface area contributed by atoms with E-state index in [0.29, 0.717) is 0 Å². The summed E-state index contributed by atoms with van der Waals surface area (Å²) < 4.78 is 67.4. The lowest BCUT2D eigenvalue weighted by Crippen LogP contribution is -2.41. The molecule has 1 aliphatic heterocycles. The minimum Gasteiger partial charge on any atom is -0.455 e. The molecule has 0 atom stereocenters. The number of alkyl halides is 3. The second-order valence-corrected chi connectivity index (χ2v) is 8.86. The monoisotopic (exact) mass is 487 g/mol. The summed E-state index contributed by atoms with van der Waals surface area (Å²) in [6, 6.07) is 3.01. The van der Waals surface area contributed by atoms with Crippen molar-refractivity contribution in [2.75, 3.05) is 26.2 Å². The number of sulfonamides is 1. The molecule has 1 saturated heterocycles. The first-order valence-electron chi connectivity index (χ1n) is 8.75. The minimum atomic E-state index is -4.60. The number of nitrogens with one attached hydrogen (secondary N) is 1. The standard InChI is InChI=1S/C16H17ClF3N3O7S/c17-12-2-1-11(23(26)27)7-13(12)31(28,29)22-5-3-10(4-6-22)15(25)30-8-14(24)21-9-16(18,19)20/h1-2,7,10H,3-6,8-9H2,(H,21,24). The maximum absolute atomic E-state index is 12.8. The van der Waals surface area contributed by atoms with E-state index in [0.717, 1.165) is 22.5 Å². The number of halogens is 4. The van der Waals surface area contributed by atoms with Gasteiger partial charge in [0, 0.05) is 25.2 Å². The molecule has 1 N–H and O–H groups in total. The molecule has 0 spiro atoms. The zero-order valence-corrected chi connectivity index (χ0v) is 17.3. The molecule has 31 heavy (non-hydrogen) atoms. The van der Waals surface area contributed by atoms with Crippen LogP contribution in [-0.2, 0) is 24.3 Å². The third-order valence-electron chi connectivity index (χ3n) is 4.36. The number of hydrogen-bond donors (Lipinski definition) is 1. The van der Waals surface area contributed by atoms with Gasteiger partial charge in [0.2, 0.25) is 10.0 Å². The molecule has 0 unspecified atom stereocenters. The number of non-ortho nitro benzene ring substituents is 1. The highest BCUT2D eigenvalue weighted by atomic mass is 35.5. The highest BCUT2D eigenvalue weighted by molar-refractivity contribution is 7.89. The number of amides is 1. The number of piperidine rings is 1. The van der Waals surface area contributed by atoms with Gasteiger partial charge in [-0.1, -0.05) is 11.6 Å². The second kappa shape index (κ2) is 9.78. The molecule has 1 aliphatic rings. The van der Waals surface area contributed by atoms with E-state index in [9.17, 15) is 41.3 Å². The number of esters is 1. The van der Waals surface area contributed by atoms with Gasteiger partial charge in [-0.2, -0.15) is 17.5 Å². The SMILES string of the molecule is O=C(COC(=O)C1CCN(S(=O)(=O)c2cc([N+](=O)[O-])ccc2Cl)CC1)NCC(F)(F)F. The van der Waals surface area contributed by atoms with Crippen LogP contribution in [0.25, 0.3) is 0 Å². The fraction of sp³-hybridized carbons (Fsp3) is 0.500. The number of nitro groups is 1. The number of ether oxygens (including phenoxy) is 1. The maximum atomic E-state index is 12.8. The zero-order chi connectivity index (χ0) is 23.4. The normalized spacial score (nSPS) is 16.0. The van der Waals surface area contributed by atoms with Crippen LogP contribution in [0, 0.1) is 16.0 Å². The molecular weight excluding hydrogens is 471 g/mol. The summed E-state index contributed by atoms with van der Waals surface area (Å²) in [4.78, 5) is 33.0. The number of nitrogens with zero attached hydrogens (tertiary/aromatic N) is 2. The van der Waals surface area contributed by atoms with Crippen molar-refractivity contribution in [1.82, 2.24) is 9.62 Å². The topological polar surface area (TPSA) is 136 Å². The van der Waals surface area contributed by atoms with Crippen molar-refractivity contribution in [2.24, 2.45) is 5.92 Å². The van der Waals surface area contributed by atoms with Gasteiger partial charge in [0.05, 0.1) is 15.9 Å². The first-order valence-corrected chi connectivity index (χ1v) is 10.6. The predicted octanol–water partition coefficient (Wildman–Crippen LogP) is 1.87. The van der Waals surface area contributed by atoms with Crippen molar-refractivity contribution in [3.63, 3.8) is 0 Å². The Kier molecular flexibility index (Phi) is 7.83. The predicted molar refractivity (Wildman–Crippen MR) is 99.6 cm³/mol. The Hall–Kier alpha value is -2.45. The van der Waals surface area contributed by atoms with Gasteiger partial charge in [-0.15, -0.1) is 0 Å². The summed E-state index contributed by atoms with van der Waals surface area (Å²) in [5.41, 5.74) is -0.453. The Labute approximate surface area is 179 Å². The molecule has 1 amide bonds. The van der Waals surface area contributed by atoms with E-state index >= 15 is 0 Å².